The number of halogens is 2. The smallest absolute Gasteiger partial charge is 0.319 e. The van der Waals surface area contributed by atoms with Crippen LogP contribution in [0.15, 0.2) is 60.7 Å². The molecule has 5 N–H and O–H groups in total. The number of anilines is 2. The molecule has 0 bridgehead atoms. The Hall–Kier alpha value is -4.23. The molecule has 0 radical (unpaired) electrons. The molecule has 1 heterocycles. The fourth-order valence-electron chi connectivity index (χ4n) is 5.09. The van der Waals surface area contributed by atoms with Crippen LogP contribution in [0.1, 0.15) is 42.1 Å². The van der Waals surface area contributed by atoms with Gasteiger partial charge in [-0.2, -0.15) is 0 Å². The van der Waals surface area contributed by atoms with Crippen LogP contribution in [0.4, 0.5) is 25.0 Å². The van der Waals surface area contributed by atoms with Gasteiger partial charge < -0.3 is 21.1 Å². The van der Waals surface area contributed by atoms with Crippen molar-refractivity contribution in [3.8, 4) is 11.5 Å². The summed E-state index contributed by atoms with van der Waals surface area (Å²) in [5, 5.41) is 5.25. The van der Waals surface area contributed by atoms with Crippen molar-refractivity contribution in [1.82, 2.24) is 10.2 Å². The van der Waals surface area contributed by atoms with Gasteiger partial charge in [0.1, 0.15) is 23.1 Å². The Labute approximate surface area is 249 Å². The number of hydrogen-bond donors (Lipinski definition) is 4. The Balaban J connectivity index is 1.25. The highest BCUT2D eigenvalue weighted by Crippen LogP contribution is 2.27. The molecule has 3 aromatic carbocycles. The van der Waals surface area contributed by atoms with Gasteiger partial charge in [-0.05, 0) is 86.3 Å². The molecule has 0 aromatic heterocycles. The number of hydrogen-bond acceptors (Lipinski definition) is 6. The van der Waals surface area contributed by atoms with Crippen LogP contribution in [-0.4, -0.2) is 50.6 Å². The van der Waals surface area contributed by atoms with Crippen LogP contribution in [0.2, 0.25) is 0 Å². The van der Waals surface area contributed by atoms with E-state index < -0.39 is 39.2 Å². The van der Waals surface area contributed by atoms with Crippen molar-refractivity contribution >= 4 is 33.3 Å². The Morgan fingerprint density at radius 3 is 2.16 bits per heavy atom. The van der Waals surface area contributed by atoms with Gasteiger partial charge in [0.25, 0.3) is 5.91 Å². The molecule has 4 rings (SSSR count). The van der Waals surface area contributed by atoms with Gasteiger partial charge in [-0.3, -0.25) is 14.4 Å². The summed E-state index contributed by atoms with van der Waals surface area (Å²) in [6, 6.07) is 15.0. The number of piperidine rings is 1. The standard InChI is InChI=1S/C30H35F2N5O5S/c1-3-27(34-30(39)35-28-16-24(29(33)38)25(31)17-26(28)32)20-12-14-37(15-13-20)18-19-4-8-22(9-5-19)42-23-10-6-21(7-11-23)36-43(2,40)41/h4-11,16-17,20,27,36H,3,12-15,18H2,1-2H3,(H2,33,38)(H2,34,35,39). The second-order valence-electron chi connectivity index (χ2n) is 10.5. The Kier molecular flexibility index (Phi) is 10.2. The van der Waals surface area contributed by atoms with Gasteiger partial charge in [-0.25, -0.2) is 22.0 Å². The minimum absolute atomic E-state index is 0.145. The second kappa shape index (κ2) is 13.8. The monoisotopic (exact) mass is 615 g/mol. The van der Waals surface area contributed by atoms with Gasteiger partial charge in [-0.15, -0.1) is 0 Å². The van der Waals surface area contributed by atoms with Crippen molar-refractivity contribution in [1.29, 1.82) is 0 Å². The van der Waals surface area contributed by atoms with E-state index in [-0.39, 0.29) is 17.6 Å². The van der Waals surface area contributed by atoms with Crippen LogP contribution in [0.5, 0.6) is 11.5 Å². The van der Waals surface area contributed by atoms with E-state index in [1.807, 2.05) is 31.2 Å². The molecule has 1 aliphatic rings. The van der Waals surface area contributed by atoms with E-state index in [0.29, 0.717) is 29.7 Å². The third-order valence-corrected chi connectivity index (χ3v) is 7.86. The van der Waals surface area contributed by atoms with Crippen LogP contribution in [0, 0.1) is 17.6 Å². The van der Waals surface area contributed by atoms with Crippen LogP contribution < -0.4 is 25.8 Å². The normalized spacial score (nSPS) is 15.0. The molecule has 3 aromatic rings. The number of rotatable bonds is 11. The first kappa shape index (κ1) is 31.7. The quantitative estimate of drug-likeness (QED) is 0.238. The van der Waals surface area contributed by atoms with Crippen LogP contribution in [0.3, 0.4) is 0 Å². The number of likely N-dealkylation sites (tertiary alicyclic amines) is 1. The van der Waals surface area contributed by atoms with E-state index in [0.717, 1.165) is 50.4 Å². The molecule has 0 spiro atoms. The van der Waals surface area contributed by atoms with Crippen LogP contribution in [-0.2, 0) is 16.6 Å². The lowest BCUT2D eigenvalue weighted by molar-refractivity contribution is 0.0996. The molecule has 1 aliphatic heterocycles. The van der Waals surface area contributed by atoms with Gasteiger partial charge in [0.2, 0.25) is 10.0 Å². The third-order valence-electron chi connectivity index (χ3n) is 7.25. The minimum atomic E-state index is -3.34. The maximum atomic E-state index is 14.2. The highest BCUT2D eigenvalue weighted by Gasteiger charge is 2.27. The number of nitrogens with zero attached hydrogens (tertiary/aromatic N) is 1. The summed E-state index contributed by atoms with van der Waals surface area (Å²) in [7, 11) is -3.34. The lowest BCUT2D eigenvalue weighted by Crippen LogP contribution is -2.46. The first-order chi connectivity index (χ1) is 20.4. The van der Waals surface area contributed by atoms with E-state index >= 15 is 0 Å². The first-order valence-corrected chi connectivity index (χ1v) is 15.7. The van der Waals surface area contributed by atoms with E-state index in [2.05, 4.69) is 20.3 Å². The van der Waals surface area contributed by atoms with E-state index in [1.165, 1.54) is 0 Å². The first-order valence-electron chi connectivity index (χ1n) is 13.8. The van der Waals surface area contributed by atoms with Gasteiger partial charge in [-0.1, -0.05) is 19.1 Å². The molecular weight excluding hydrogens is 580 g/mol. The Morgan fingerprint density at radius 1 is 1.00 bits per heavy atom. The summed E-state index contributed by atoms with van der Waals surface area (Å²) in [5.41, 5.74) is 5.87. The number of benzene rings is 3. The molecule has 1 fully saturated rings. The summed E-state index contributed by atoms with van der Waals surface area (Å²) in [5.74, 6) is -1.69. The lowest BCUT2D eigenvalue weighted by Gasteiger charge is -2.36. The number of nitrogens with one attached hydrogen (secondary N) is 3. The fourth-order valence-corrected chi connectivity index (χ4v) is 5.65. The minimum Gasteiger partial charge on any atom is -0.457 e. The summed E-state index contributed by atoms with van der Waals surface area (Å²) in [6.07, 6.45) is 3.49. The predicted octanol–water partition coefficient (Wildman–Crippen LogP) is 5.04. The number of sulfonamides is 1. The van der Waals surface area contributed by atoms with Crippen molar-refractivity contribution < 1.29 is 31.5 Å². The maximum absolute atomic E-state index is 14.2. The van der Waals surface area contributed by atoms with Crippen molar-refractivity contribution in [2.24, 2.45) is 11.7 Å². The predicted molar refractivity (Wildman–Crippen MR) is 161 cm³/mol. The molecule has 1 unspecified atom stereocenters. The summed E-state index contributed by atoms with van der Waals surface area (Å²) in [6.45, 7) is 4.40. The average molecular weight is 616 g/mol. The number of carbonyl (C=O) groups excluding carboxylic acids is 2. The number of ether oxygens (including phenoxy) is 1. The van der Waals surface area contributed by atoms with Crippen molar-refractivity contribution in [3.05, 3.63) is 83.4 Å². The van der Waals surface area contributed by atoms with Gasteiger partial charge in [0, 0.05) is 24.3 Å². The Morgan fingerprint density at radius 2 is 1.60 bits per heavy atom. The summed E-state index contributed by atoms with van der Waals surface area (Å²) >= 11 is 0. The highest BCUT2D eigenvalue weighted by molar-refractivity contribution is 7.92. The van der Waals surface area contributed by atoms with E-state index in [4.69, 9.17) is 10.5 Å². The fraction of sp³-hybridized carbons (Fsp3) is 0.333. The van der Waals surface area contributed by atoms with Crippen LogP contribution in [0.25, 0.3) is 0 Å². The summed E-state index contributed by atoms with van der Waals surface area (Å²) < 4.78 is 58.9. The largest absolute Gasteiger partial charge is 0.457 e. The molecule has 43 heavy (non-hydrogen) atoms. The molecule has 13 heteroatoms. The van der Waals surface area contributed by atoms with Crippen LogP contribution >= 0.6 is 0 Å². The SMILES string of the molecule is CCC(NC(=O)Nc1cc(C(N)=O)c(F)cc1F)C1CCN(Cc2ccc(Oc3ccc(NS(C)(=O)=O)cc3)cc2)CC1. The molecule has 230 valence electrons. The molecule has 1 saturated heterocycles. The van der Waals surface area contributed by atoms with Gasteiger partial charge >= 0.3 is 6.03 Å². The maximum Gasteiger partial charge on any atom is 0.319 e. The zero-order valence-corrected chi connectivity index (χ0v) is 24.7. The molecule has 3 amide bonds. The number of primary amides is 1. The number of nitrogens with two attached hydrogens (primary N) is 1. The zero-order valence-electron chi connectivity index (χ0n) is 23.9. The number of urea groups is 1. The average Bonchev–Trinajstić information content (AvgIpc) is 2.95. The van der Waals surface area contributed by atoms with E-state index in [1.54, 1.807) is 24.3 Å². The number of amides is 3. The Bertz CT molecular complexity index is 1540. The highest BCUT2D eigenvalue weighted by atomic mass is 32.2. The summed E-state index contributed by atoms with van der Waals surface area (Å²) in [4.78, 5) is 26.3. The van der Waals surface area contributed by atoms with Crippen molar-refractivity contribution in [3.63, 3.8) is 0 Å². The second-order valence-corrected chi connectivity index (χ2v) is 12.3. The van der Waals surface area contributed by atoms with Crippen molar-refractivity contribution in [2.45, 2.75) is 38.8 Å². The molecule has 0 saturated carbocycles. The van der Waals surface area contributed by atoms with Gasteiger partial charge in [0.15, 0.2) is 0 Å². The molecular formula is C30H35F2N5O5S. The zero-order chi connectivity index (χ0) is 31.1. The lowest BCUT2D eigenvalue weighted by atomic mass is 9.88. The van der Waals surface area contributed by atoms with Gasteiger partial charge in [0.05, 0.1) is 17.5 Å². The third kappa shape index (κ3) is 9.13. The van der Waals surface area contributed by atoms with E-state index in [9.17, 15) is 26.8 Å². The topological polar surface area (TPSA) is 143 Å². The molecule has 0 aliphatic carbocycles. The van der Waals surface area contributed by atoms with Crippen molar-refractivity contribution in [2.75, 3.05) is 29.4 Å². The molecule has 1 atom stereocenters. The molecule has 10 nitrogen and oxygen atoms in total. The number of carbonyl (C=O) groups is 2.